The maximum Gasteiger partial charge on any atom is 0.123 e. The predicted molar refractivity (Wildman–Crippen MR) is 145 cm³/mol. The van der Waals surface area contributed by atoms with Gasteiger partial charge in [-0.1, -0.05) is 24.8 Å². The van der Waals surface area contributed by atoms with Crippen LogP contribution in [0, 0.1) is 11.7 Å². The highest BCUT2D eigenvalue weighted by atomic mass is 19.1. The van der Waals surface area contributed by atoms with Gasteiger partial charge in [-0.25, -0.2) is 4.39 Å². The summed E-state index contributed by atoms with van der Waals surface area (Å²) in [6.07, 6.45) is 7.83. The molecule has 6 aromatic rings. The molecule has 180 valence electrons. The second-order valence-electron chi connectivity index (χ2n) is 9.53. The number of allylic oxidation sites excluding steroid dienone is 1. The van der Waals surface area contributed by atoms with E-state index in [0.717, 1.165) is 67.0 Å². The van der Waals surface area contributed by atoms with Crippen molar-refractivity contribution in [1.82, 2.24) is 25.1 Å². The van der Waals surface area contributed by atoms with E-state index in [-0.39, 0.29) is 5.82 Å². The van der Waals surface area contributed by atoms with Crippen molar-refractivity contribution >= 4 is 27.5 Å². The Morgan fingerprint density at radius 3 is 2.65 bits per heavy atom. The van der Waals surface area contributed by atoms with E-state index in [9.17, 15) is 4.39 Å². The molecular weight excluding hydrogens is 463 g/mol. The number of anilines is 1. The SMILES string of the molecule is C=C(Nc1cncc(-c2ccc3[nH]nc(-c4cc5c(-c6cccc(F)c6)nccc5[nH]4)c3c2)c1)C1CC1. The van der Waals surface area contributed by atoms with Crippen LogP contribution >= 0.6 is 0 Å². The normalized spacial score (nSPS) is 13.3. The zero-order valence-corrected chi connectivity index (χ0v) is 19.9. The third-order valence-electron chi connectivity index (χ3n) is 6.91. The predicted octanol–water partition coefficient (Wildman–Crippen LogP) is 7.31. The number of nitrogens with one attached hydrogen (secondary N) is 3. The van der Waals surface area contributed by atoms with Gasteiger partial charge in [0, 0.05) is 45.5 Å². The third-order valence-corrected chi connectivity index (χ3v) is 6.91. The van der Waals surface area contributed by atoms with E-state index in [1.807, 2.05) is 36.7 Å². The van der Waals surface area contributed by atoms with Crippen molar-refractivity contribution in [2.45, 2.75) is 12.8 Å². The minimum Gasteiger partial charge on any atom is -0.358 e. The molecule has 0 radical (unpaired) electrons. The molecule has 7 heteroatoms. The van der Waals surface area contributed by atoms with Crippen LogP contribution in [0.4, 0.5) is 10.1 Å². The van der Waals surface area contributed by atoms with E-state index in [0.29, 0.717) is 5.92 Å². The first-order valence-corrected chi connectivity index (χ1v) is 12.3. The van der Waals surface area contributed by atoms with Gasteiger partial charge in [0.05, 0.1) is 28.8 Å². The monoisotopic (exact) mass is 486 g/mol. The second-order valence-corrected chi connectivity index (χ2v) is 9.53. The molecule has 7 rings (SSSR count). The van der Waals surface area contributed by atoms with Crippen molar-refractivity contribution in [1.29, 1.82) is 0 Å². The van der Waals surface area contributed by atoms with Crippen molar-refractivity contribution in [3.8, 4) is 33.8 Å². The van der Waals surface area contributed by atoms with Gasteiger partial charge in [-0.15, -0.1) is 0 Å². The molecule has 1 aliphatic carbocycles. The Kier molecular flexibility index (Phi) is 4.89. The fourth-order valence-electron chi connectivity index (χ4n) is 4.83. The molecule has 4 heterocycles. The van der Waals surface area contributed by atoms with Crippen LogP contribution in [-0.2, 0) is 0 Å². The molecule has 0 spiro atoms. The quantitative estimate of drug-likeness (QED) is 0.231. The average molecular weight is 487 g/mol. The molecule has 0 aliphatic heterocycles. The first-order valence-electron chi connectivity index (χ1n) is 12.3. The second kappa shape index (κ2) is 8.41. The van der Waals surface area contributed by atoms with Gasteiger partial charge < -0.3 is 10.3 Å². The van der Waals surface area contributed by atoms with Crippen molar-refractivity contribution < 1.29 is 4.39 Å². The van der Waals surface area contributed by atoms with E-state index in [1.165, 1.54) is 25.0 Å². The Hall–Kier alpha value is -4.78. The highest BCUT2D eigenvalue weighted by Gasteiger charge is 2.24. The van der Waals surface area contributed by atoms with Crippen LogP contribution < -0.4 is 5.32 Å². The lowest BCUT2D eigenvalue weighted by Crippen LogP contribution is -2.00. The first-order chi connectivity index (χ1) is 18.1. The van der Waals surface area contributed by atoms with Crippen molar-refractivity contribution in [3.63, 3.8) is 0 Å². The largest absolute Gasteiger partial charge is 0.358 e. The molecule has 1 aliphatic rings. The van der Waals surface area contributed by atoms with E-state index < -0.39 is 0 Å². The van der Waals surface area contributed by atoms with Crippen molar-refractivity contribution in [3.05, 3.63) is 97.3 Å². The molecule has 4 aromatic heterocycles. The van der Waals surface area contributed by atoms with Crippen molar-refractivity contribution in [2.75, 3.05) is 5.32 Å². The van der Waals surface area contributed by atoms with Crippen LogP contribution in [0.5, 0.6) is 0 Å². The highest BCUT2D eigenvalue weighted by Crippen LogP contribution is 2.37. The fourth-order valence-corrected chi connectivity index (χ4v) is 4.83. The Morgan fingerprint density at radius 2 is 1.78 bits per heavy atom. The number of hydrogen-bond acceptors (Lipinski definition) is 4. The number of fused-ring (bicyclic) bond motifs is 2. The lowest BCUT2D eigenvalue weighted by molar-refractivity contribution is 0.628. The molecule has 1 fully saturated rings. The number of hydrogen-bond donors (Lipinski definition) is 3. The Balaban J connectivity index is 1.28. The van der Waals surface area contributed by atoms with Crippen LogP contribution in [0.2, 0.25) is 0 Å². The van der Waals surface area contributed by atoms with Gasteiger partial charge in [-0.05, 0) is 66.8 Å². The van der Waals surface area contributed by atoms with E-state index >= 15 is 0 Å². The summed E-state index contributed by atoms with van der Waals surface area (Å²) in [6, 6.07) is 18.8. The van der Waals surface area contributed by atoms with Gasteiger partial charge in [0.25, 0.3) is 0 Å². The van der Waals surface area contributed by atoms with E-state index in [1.54, 1.807) is 12.3 Å². The molecule has 0 bridgehead atoms. The van der Waals surface area contributed by atoms with Crippen LogP contribution in [0.3, 0.4) is 0 Å². The first kappa shape index (κ1) is 21.5. The summed E-state index contributed by atoms with van der Waals surface area (Å²) in [5.74, 6) is 0.282. The Morgan fingerprint density at radius 1 is 0.892 bits per heavy atom. The molecule has 0 saturated heterocycles. The molecule has 0 unspecified atom stereocenters. The van der Waals surface area contributed by atoms with Gasteiger partial charge in [0.2, 0.25) is 0 Å². The van der Waals surface area contributed by atoms with E-state index in [4.69, 9.17) is 0 Å². The summed E-state index contributed by atoms with van der Waals surface area (Å²) in [5.41, 5.74) is 9.02. The number of aromatic nitrogens is 5. The Labute approximate surface area is 212 Å². The molecule has 2 aromatic carbocycles. The number of benzene rings is 2. The zero-order chi connectivity index (χ0) is 24.9. The van der Waals surface area contributed by atoms with Gasteiger partial charge >= 0.3 is 0 Å². The number of nitrogens with zero attached hydrogens (tertiary/aromatic N) is 3. The molecule has 0 atom stereocenters. The minimum atomic E-state index is -0.288. The molecule has 0 amide bonds. The van der Waals surface area contributed by atoms with Crippen LogP contribution in [0.15, 0.2) is 91.5 Å². The molecular formula is C30H23FN6. The minimum absolute atomic E-state index is 0.288. The lowest BCUT2D eigenvalue weighted by Gasteiger charge is -2.10. The van der Waals surface area contributed by atoms with E-state index in [2.05, 4.69) is 55.2 Å². The summed E-state index contributed by atoms with van der Waals surface area (Å²) < 4.78 is 13.9. The topological polar surface area (TPSA) is 82.3 Å². The van der Waals surface area contributed by atoms with Crippen LogP contribution in [0.25, 0.3) is 55.6 Å². The Bertz CT molecular complexity index is 1810. The fraction of sp³-hybridized carbons (Fsp3) is 0.100. The van der Waals surface area contributed by atoms with Crippen molar-refractivity contribution in [2.24, 2.45) is 5.92 Å². The number of pyridine rings is 2. The van der Waals surface area contributed by atoms with Gasteiger partial charge in [0.1, 0.15) is 11.5 Å². The molecule has 3 N–H and O–H groups in total. The highest BCUT2D eigenvalue weighted by molar-refractivity contribution is 6.00. The maximum absolute atomic E-state index is 13.9. The summed E-state index contributed by atoms with van der Waals surface area (Å²) in [7, 11) is 0. The summed E-state index contributed by atoms with van der Waals surface area (Å²) in [5, 5.41) is 13.1. The van der Waals surface area contributed by atoms with Crippen LogP contribution in [0.1, 0.15) is 12.8 Å². The average Bonchev–Trinajstić information content (AvgIpc) is 3.55. The maximum atomic E-state index is 13.9. The summed E-state index contributed by atoms with van der Waals surface area (Å²) >= 11 is 0. The smallest absolute Gasteiger partial charge is 0.123 e. The lowest BCUT2D eigenvalue weighted by atomic mass is 10.0. The van der Waals surface area contributed by atoms with Gasteiger partial charge in [0.15, 0.2) is 0 Å². The summed E-state index contributed by atoms with van der Waals surface area (Å²) in [4.78, 5) is 12.5. The molecule has 37 heavy (non-hydrogen) atoms. The van der Waals surface area contributed by atoms with Gasteiger partial charge in [-0.2, -0.15) is 5.10 Å². The number of aromatic amines is 2. The molecule has 6 nitrogen and oxygen atoms in total. The number of H-pyrrole nitrogens is 2. The number of rotatable bonds is 6. The van der Waals surface area contributed by atoms with Crippen LogP contribution in [-0.4, -0.2) is 25.1 Å². The number of halogens is 1. The third kappa shape index (κ3) is 3.94. The standard InChI is InChI=1S/C30H23FN6/c1-17(18-5-6-18)34-23-12-21(15-32-16-23)19-7-8-27-24(13-19)30(37-36-27)28-14-25-26(35-28)9-10-33-29(25)20-3-2-4-22(31)11-20/h2-4,7-16,18,34-35H,1,5-6H2,(H,36,37). The zero-order valence-electron chi connectivity index (χ0n) is 19.9. The van der Waals surface area contributed by atoms with Gasteiger partial charge in [-0.3, -0.25) is 15.1 Å². The molecule has 1 saturated carbocycles. The summed E-state index contributed by atoms with van der Waals surface area (Å²) in [6.45, 7) is 4.16.